The van der Waals surface area contributed by atoms with Crippen molar-refractivity contribution in [3.63, 3.8) is 0 Å². The zero-order valence-corrected chi connectivity index (χ0v) is 13.0. The van der Waals surface area contributed by atoms with Gasteiger partial charge in [0.1, 0.15) is 5.69 Å². The minimum absolute atomic E-state index is 0.269. The molecule has 2 rings (SSSR count). The number of aryl methyl sites for hydroxylation is 2. The van der Waals surface area contributed by atoms with Gasteiger partial charge in [-0.15, -0.1) is 0 Å². The molecule has 4 heteroatoms. The van der Waals surface area contributed by atoms with Gasteiger partial charge in [0.15, 0.2) is 0 Å². The second kappa shape index (κ2) is 9.05. The molecule has 0 saturated heterocycles. The van der Waals surface area contributed by atoms with Crippen molar-refractivity contribution >= 4 is 5.97 Å². The first-order chi connectivity index (χ1) is 10.8. The second-order valence-corrected chi connectivity index (χ2v) is 5.01. The van der Waals surface area contributed by atoms with E-state index < -0.39 is 0 Å². The van der Waals surface area contributed by atoms with E-state index in [-0.39, 0.29) is 5.97 Å². The third-order valence-corrected chi connectivity index (χ3v) is 3.39. The Morgan fingerprint density at radius 2 is 1.91 bits per heavy atom. The molecule has 22 heavy (non-hydrogen) atoms. The highest BCUT2D eigenvalue weighted by molar-refractivity contribution is 5.87. The number of carbonyl (C=O) groups excluding carboxylic acids is 1. The number of rotatable bonds is 9. The highest BCUT2D eigenvalue weighted by Gasteiger charge is 2.12. The predicted molar refractivity (Wildman–Crippen MR) is 86.0 cm³/mol. The molecule has 0 bridgehead atoms. The number of carbonyl (C=O) groups is 1. The molecule has 2 aromatic rings. The van der Waals surface area contributed by atoms with Gasteiger partial charge in [-0.3, -0.25) is 0 Å². The monoisotopic (exact) mass is 301 g/mol. The first kappa shape index (κ1) is 16.3. The van der Waals surface area contributed by atoms with Crippen LogP contribution in [0.1, 0.15) is 29.4 Å². The van der Waals surface area contributed by atoms with Crippen LogP contribution in [0.25, 0.3) is 0 Å². The Labute approximate surface area is 131 Å². The van der Waals surface area contributed by atoms with Crippen LogP contribution in [0.5, 0.6) is 0 Å². The molecule has 0 N–H and O–H groups in total. The zero-order valence-electron chi connectivity index (χ0n) is 13.0. The molecule has 0 radical (unpaired) electrons. The highest BCUT2D eigenvalue weighted by atomic mass is 16.5. The minimum atomic E-state index is -0.269. The third-order valence-electron chi connectivity index (χ3n) is 3.39. The topological polar surface area (TPSA) is 40.5 Å². The summed E-state index contributed by atoms with van der Waals surface area (Å²) in [6, 6.07) is 13.9. The normalized spacial score (nSPS) is 10.6. The van der Waals surface area contributed by atoms with Crippen molar-refractivity contribution in [2.45, 2.75) is 26.3 Å². The molecule has 0 amide bonds. The fraction of sp³-hybridized carbons (Fsp3) is 0.389. The van der Waals surface area contributed by atoms with Gasteiger partial charge in [0, 0.05) is 32.4 Å². The van der Waals surface area contributed by atoms with Crippen LogP contribution in [-0.4, -0.2) is 30.4 Å². The molecule has 0 aliphatic rings. The summed E-state index contributed by atoms with van der Waals surface area (Å²) in [4.78, 5) is 12.1. The van der Waals surface area contributed by atoms with Gasteiger partial charge in [-0.25, -0.2) is 4.79 Å². The highest BCUT2D eigenvalue weighted by Crippen LogP contribution is 2.08. The Bertz CT molecular complexity index is 563. The van der Waals surface area contributed by atoms with Crippen LogP contribution in [-0.2, 0) is 22.4 Å². The van der Waals surface area contributed by atoms with Gasteiger partial charge in [0.2, 0.25) is 0 Å². The molecule has 1 aromatic heterocycles. The molecular weight excluding hydrogens is 278 g/mol. The molecule has 4 nitrogen and oxygen atoms in total. The van der Waals surface area contributed by atoms with E-state index in [0.717, 1.165) is 19.4 Å². The van der Waals surface area contributed by atoms with Crippen LogP contribution in [0.4, 0.5) is 0 Å². The number of aromatic nitrogens is 1. The smallest absolute Gasteiger partial charge is 0.354 e. The standard InChI is InChI=1S/C18H23NO3/c1-2-21-14-7-15-22-18(20)17-10-6-12-19(17)13-11-16-8-4-3-5-9-16/h3-6,8-10,12H,2,7,11,13-15H2,1H3. The Morgan fingerprint density at radius 1 is 1.09 bits per heavy atom. The first-order valence-corrected chi connectivity index (χ1v) is 7.75. The number of esters is 1. The maximum atomic E-state index is 12.1. The van der Waals surface area contributed by atoms with Crippen molar-refractivity contribution in [3.05, 3.63) is 59.9 Å². The second-order valence-electron chi connectivity index (χ2n) is 5.01. The SMILES string of the molecule is CCOCCCOC(=O)c1cccn1CCc1ccccc1. The summed E-state index contributed by atoms with van der Waals surface area (Å²) >= 11 is 0. The molecule has 0 unspecified atom stereocenters. The molecule has 0 saturated carbocycles. The van der Waals surface area contributed by atoms with Gasteiger partial charge in [-0.1, -0.05) is 30.3 Å². The van der Waals surface area contributed by atoms with Gasteiger partial charge >= 0.3 is 5.97 Å². The lowest BCUT2D eigenvalue weighted by Gasteiger charge is -2.09. The van der Waals surface area contributed by atoms with E-state index in [9.17, 15) is 4.79 Å². The molecular formula is C18H23NO3. The summed E-state index contributed by atoms with van der Waals surface area (Å²) in [5.74, 6) is -0.269. The molecule has 0 aliphatic heterocycles. The quantitative estimate of drug-likeness (QED) is 0.527. The molecule has 0 aliphatic carbocycles. The summed E-state index contributed by atoms with van der Waals surface area (Å²) < 4.78 is 12.4. The fourth-order valence-electron chi connectivity index (χ4n) is 2.23. The molecule has 1 aromatic carbocycles. The van der Waals surface area contributed by atoms with Crippen molar-refractivity contribution in [3.8, 4) is 0 Å². The van der Waals surface area contributed by atoms with Gasteiger partial charge in [-0.05, 0) is 31.0 Å². The largest absolute Gasteiger partial charge is 0.461 e. The van der Waals surface area contributed by atoms with Crippen LogP contribution in [0.3, 0.4) is 0 Å². The van der Waals surface area contributed by atoms with Crippen molar-refractivity contribution < 1.29 is 14.3 Å². The Morgan fingerprint density at radius 3 is 2.68 bits per heavy atom. The molecule has 0 fully saturated rings. The lowest BCUT2D eigenvalue weighted by Crippen LogP contribution is -2.14. The van der Waals surface area contributed by atoms with Gasteiger partial charge in [0.25, 0.3) is 0 Å². The fourth-order valence-corrected chi connectivity index (χ4v) is 2.23. The van der Waals surface area contributed by atoms with E-state index in [0.29, 0.717) is 25.5 Å². The Hall–Kier alpha value is -2.07. The van der Waals surface area contributed by atoms with E-state index in [1.807, 2.05) is 42.0 Å². The average Bonchev–Trinajstić information content (AvgIpc) is 3.02. The van der Waals surface area contributed by atoms with Crippen molar-refractivity contribution in [1.82, 2.24) is 4.57 Å². The molecule has 0 spiro atoms. The number of ether oxygens (including phenoxy) is 2. The zero-order chi connectivity index (χ0) is 15.6. The Kier molecular flexibility index (Phi) is 6.71. The van der Waals surface area contributed by atoms with Crippen molar-refractivity contribution in [2.75, 3.05) is 19.8 Å². The van der Waals surface area contributed by atoms with Crippen molar-refractivity contribution in [2.24, 2.45) is 0 Å². The lowest BCUT2D eigenvalue weighted by molar-refractivity contribution is 0.0440. The van der Waals surface area contributed by atoms with Crippen LogP contribution < -0.4 is 0 Å². The van der Waals surface area contributed by atoms with E-state index in [2.05, 4.69) is 12.1 Å². The van der Waals surface area contributed by atoms with Crippen LogP contribution >= 0.6 is 0 Å². The number of nitrogens with zero attached hydrogens (tertiary/aromatic N) is 1. The summed E-state index contributed by atoms with van der Waals surface area (Å²) in [7, 11) is 0. The van der Waals surface area contributed by atoms with Gasteiger partial charge in [-0.2, -0.15) is 0 Å². The number of hydrogen-bond donors (Lipinski definition) is 0. The maximum absolute atomic E-state index is 12.1. The average molecular weight is 301 g/mol. The molecule has 0 atom stereocenters. The minimum Gasteiger partial charge on any atom is -0.461 e. The summed E-state index contributed by atoms with van der Waals surface area (Å²) in [6.45, 7) is 4.42. The van der Waals surface area contributed by atoms with Crippen LogP contribution in [0, 0.1) is 0 Å². The predicted octanol–water partition coefficient (Wildman–Crippen LogP) is 3.31. The summed E-state index contributed by atoms with van der Waals surface area (Å²) in [5.41, 5.74) is 1.86. The van der Waals surface area contributed by atoms with Crippen LogP contribution in [0.2, 0.25) is 0 Å². The third kappa shape index (κ3) is 5.04. The summed E-state index contributed by atoms with van der Waals surface area (Å²) in [6.07, 6.45) is 3.53. The molecule has 1 heterocycles. The van der Waals surface area contributed by atoms with Gasteiger partial charge < -0.3 is 14.0 Å². The molecule has 118 valence electrons. The summed E-state index contributed by atoms with van der Waals surface area (Å²) in [5, 5.41) is 0. The Balaban J connectivity index is 1.82. The first-order valence-electron chi connectivity index (χ1n) is 7.75. The van der Waals surface area contributed by atoms with E-state index in [1.165, 1.54) is 5.56 Å². The number of benzene rings is 1. The van der Waals surface area contributed by atoms with Gasteiger partial charge in [0.05, 0.1) is 6.61 Å². The van der Waals surface area contributed by atoms with E-state index in [1.54, 1.807) is 6.07 Å². The number of hydrogen-bond acceptors (Lipinski definition) is 3. The maximum Gasteiger partial charge on any atom is 0.354 e. The van der Waals surface area contributed by atoms with E-state index in [4.69, 9.17) is 9.47 Å². The van der Waals surface area contributed by atoms with Crippen LogP contribution in [0.15, 0.2) is 48.7 Å². The lowest BCUT2D eigenvalue weighted by atomic mass is 10.1. The van der Waals surface area contributed by atoms with Crippen molar-refractivity contribution in [1.29, 1.82) is 0 Å². The van der Waals surface area contributed by atoms with E-state index >= 15 is 0 Å².